The number of rotatable bonds is 6. The highest BCUT2D eigenvalue weighted by atomic mass is 79.9. The molecule has 1 aromatic carbocycles. The second kappa shape index (κ2) is 6.27. The van der Waals surface area contributed by atoms with Gasteiger partial charge >= 0.3 is 0 Å². The molecule has 106 valence electrons. The van der Waals surface area contributed by atoms with Crippen molar-refractivity contribution in [3.63, 3.8) is 0 Å². The molecule has 0 amide bonds. The Hall–Kier alpha value is -0.540. The summed E-state index contributed by atoms with van der Waals surface area (Å²) in [5, 5.41) is 0. The van der Waals surface area contributed by atoms with Gasteiger partial charge in [0.2, 0.25) is 0 Å². The van der Waals surface area contributed by atoms with Gasteiger partial charge in [-0.3, -0.25) is 0 Å². The third-order valence-corrected chi connectivity index (χ3v) is 4.43. The summed E-state index contributed by atoms with van der Waals surface area (Å²) in [5.41, 5.74) is 8.48. The molecule has 19 heavy (non-hydrogen) atoms. The van der Waals surface area contributed by atoms with E-state index in [1.165, 1.54) is 30.5 Å². The topological polar surface area (TPSA) is 29.3 Å². The molecule has 0 aliphatic heterocycles. The van der Waals surface area contributed by atoms with Crippen LogP contribution in [0.4, 0.5) is 5.69 Å². The number of anilines is 1. The van der Waals surface area contributed by atoms with Gasteiger partial charge in [0, 0.05) is 28.8 Å². The monoisotopic (exact) mass is 324 g/mol. The third kappa shape index (κ3) is 3.96. The van der Waals surface area contributed by atoms with E-state index in [1.807, 2.05) is 6.92 Å². The standard InChI is InChI=1S/C16H25BrN2/c1-11(2)8-9-19(13-4-5-13)14-6-7-15(12(3)18)16(17)10-14/h6-7,10-13H,4-5,8-9,18H2,1-3H3/t12-/m1/s1. The summed E-state index contributed by atoms with van der Waals surface area (Å²) in [6.45, 7) is 7.77. The summed E-state index contributed by atoms with van der Waals surface area (Å²) < 4.78 is 1.13. The summed E-state index contributed by atoms with van der Waals surface area (Å²) in [7, 11) is 0. The summed E-state index contributed by atoms with van der Waals surface area (Å²) in [4.78, 5) is 2.57. The van der Waals surface area contributed by atoms with Crippen molar-refractivity contribution in [3.8, 4) is 0 Å². The van der Waals surface area contributed by atoms with Gasteiger partial charge in [0.05, 0.1) is 0 Å². The molecule has 2 nitrogen and oxygen atoms in total. The molecule has 0 aromatic heterocycles. The number of hydrogen-bond acceptors (Lipinski definition) is 2. The Morgan fingerprint density at radius 2 is 2.00 bits per heavy atom. The lowest BCUT2D eigenvalue weighted by Crippen LogP contribution is -2.27. The van der Waals surface area contributed by atoms with Gasteiger partial charge in [-0.25, -0.2) is 0 Å². The smallest absolute Gasteiger partial charge is 0.0380 e. The average Bonchev–Trinajstić information content (AvgIpc) is 3.13. The Labute approximate surface area is 125 Å². The van der Waals surface area contributed by atoms with Gasteiger partial charge in [-0.1, -0.05) is 35.8 Å². The molecule has 1 saturated carbocycles. The zero-order valence-corrected chi connectivity index (χ0v) is 13.8. The normalized spacial score (nSPS) is 16.7. The van der Waals surface area contributed by atoms with Crippen LogP contribution in [0.25, 0.3) is 0 Å². The van der Waals surface area contributed by atoms with E-state index in [2.05, 4.69) is 52.9 Å². The molecular formula is C16H25BrN2. The van der Waals surface area contributed by atoms with E-state index in [9.17, 15) is 0 Å². The number of benzene rings is 1. The van der Waals surface area contributed by atoms with Crippen molar-refractivity contribution in [1.29, 1.82) is 0 Å². The quantitative estimate of drug-likeness (QED) is 0.835. The Bertz CT molecular complexity index is 425. The predicted octanol–water partition coefficient (Wildman–Crippen LogP) is 4.48. The minimum absolute atomic E-state index is 0.0773. The lowest BCUT2D eigenvalue weighted by Gasteiger charge is -2.26. The van der Waals surface area contributed by atoms with E-state index >= 15 is 0 Å². The minimum Gasteiger partial charge on any atom is -0.369 e. The summed E-state index contributed by atoms with van der Waals surface area (Å²) in [6.07, 6.45) is 3.93. The zero-order chi connectivity index (χ0) is 14.0. The van der Waals surface area contributed by atoms with Crippen LogP contribution in [-0.4, -0.2) is 12.6 Å². The van der Waals surface area contributed by atoms with Gasteiger partial charge in [0.15, 0.2) is 0 Å². The van der Waals surface area contributed by atoms with Crippen LogP contribution >= 0.6 is 15.9 Å². The fraction of sp³-hybridized carbons (Fsp3) is 0.625. The van der Waals surface area contributed by atoms with E-state index in [-0.39, 0.29) is 6.04 Å². The Kier molecular flexibility index (Phi) is 4.91. The van der Waals surface area contributed by atoms with Crippen molar-refractivity contribution < 1.29 is 0 Å². The molecular weight excluding hydrogens is 300 g/mol. The SMILES string of the molecule is CC(C)CCN(c1ccc([C@@H](C)N)c(Br)c1)C1CC1. The molecule has 0 saturated heterocycles. The zero-order valence-electron chi connectivity index (χ0n) is 12.2. The van der Waals surface area contributed by atoms with Crippen LogP contribution in [0, 0.1) is 5.92 Å². The van der Waals surface area contributed by atoms with Crippen LogP contribution in [0.3, 0.4) is 0 Å². The van der Waals surface area contributed by atoms with Crippen LogP contribution in [0.15, 0.2) is 22.7 Å². The van der Waals surface area contributed by atoms with Crippen LogP contribution in [-0.2, 0) is 0 Å². The maximum atomic E-state index is 5.97. The Balaban J connectivity index is 2.15. The van der Waals surface area contributed by atoms with Crippen molar-refractivity contribution in [3.05, 3.63) is 28.2 Å². The molecule has 1 atom stereocenters. The van der Waals surface area contributed by atoms with E-state index in [0.717, 1.165) is 23.0 Å². The van der Waals surface area contributed by atoms with E-state index in [1.54, 1.807) is 0 Å². The average molecular weight is 325 g/mol. The molecule has 0 heterocycles. The third-order valence-electron chi connectivity index (χ3n) is 3.74. The molecule has 1 aromatic rings. The molecule has 1 fully saturated rings. The summed E-state index contributed by atoms with van der Waals surface area (Å²) >= 11 is 3.66. The number of nitrogens with two attached hydrogens (primary N) is 1. The van der Waals surface area contributed by atoms with Crippen LogP contribution in [0.1, 0.15) is 51.6 Å². The van der Waals surface area contributed by atoms with Crippen molar-refractivity contribution >= 4 is 21.6 Å². The fourth-order valence-corrected chi connectivity index (χ4v) is 3.10. The molecule has 0 unspecified atom stereocenters. The number of halogens is 1. The summed E-state index contributed by atoms with van der Waals surface area (Å²) in [5.74, 6) is 0.757. The first-order valence-electron chi connectivity index (χ1n) is 7.30. The Morgan fingerprint density at radius 1 is 1.32 bits per heavy atom. The Morgan fingerprint density at radius 3 is 2.47 bits per heavy atom. The molecule has 2 rings (SSSR count). The van der Waals surface area contributed by atoms with Crippen molar-refractivity contribution in [2.45, 2.75) is 52.1 Å². The predicted molar refractivity (Wildman–Crippen MR) is 86.6 cm³/mol. The van der Waals surface area contributed by atoms with E-state index < -0.39 is 0 Å². The van der Waals surface area contributed by atoms with Crippen molar-refractivity contribution in [1.82, 2.24) is 0 Å². The van der Waals surface area contributed by atoms with Gasteiger partial charge < -0.3 is 10.6 Å². The second-order valence-electron chi connectivity index (χ2n) is 6.10. The first-order chi connectivity index (χ1) is 8.99. The molecule has 2 N–H and O–H groups in total. The first-order valence-corrected chi connectivity index (χ1v) is 8.10. The molecule has 0 spiro atoms. The largest absolute Gasteiger partial charge is 0.369 e. The molecule has 1 aliphatic carbocycles. The molecule has 0 bridgehead atoms. The first kappa shape index (κ1) is 14.9. The second-order valence-corrected chi connectivity index (χ2v) is 6.96. The van der Waals surface area contributed by atoms with Gasteiger partial charge in [-0.05, 0) is 49.8 Å². The van der Waals surface area contributed by atoms with Crippen LogP contribution in [0.5, 0.6) is 0 Å². The number of nitrogens with zero attached hydrogens (tertiary/aromatic N) is 1. The van der Waals surface area contributed by atoms with Crippen molar-refractivity contribution in [2.24, 2.45) is 11.7 Å². The van der Waals surface area contributed by atoms with Gasteiger partial charge in [-0.2, -0.15) is 0 Å². The van der Waals surface area contributed by atoms with E-state index in [4.69, 9.17) is 5.73 Å². The highest BCUT2D eigenvalue weighted by molar-refractivity contribution is 9.10. The lowest BCUT2D eigenvalue weighted by atomic mass is 10.1. The highest BCUT2D eigenvalue weighted by Gasteiger charge is 2.29. The van der Waals surface area contributed by atoms with Crippen LogP contribution in [0.2, 0.25) is 0 Å². The fourth-order valence-electron chi connectivity index (χ4n) is 2.37. The summed E-state index contributed by atoms with van der Waals surface area (Å²) in [6, 6.07) is 7.45. The van der Waals surface area contributed by atoms with Crippen LogP contribution < -0.4 is 10.6 Å². The molecule has 3 heteroatoms. The minimum atomic E-state index is 0.0773. The van der Waals surface area contributed by atoms with Gasteiger partial charge in [-0.15, -0.1) is 0 Å². The highest BCUT2D eigenvalue weighted by Crippen LogP contribution is 2.35. The maximum absolute atomic E-state index is 5.97. The molecule has 0 radical (unpaired) electrons. The molecule has 1 aliphatic rings. The lowest BCUT2D eigenvalue weighted by molar-refractivity contribution is 0.570. The van der Waals surface area contributed by atoms with E-state index in [0.29, 0.717) is 0 Å². The number of hydrogen-bond donors (Lipinski definition) is 1. The van der Waals surface area contributed by atoms with Crippen molar-refractivity contribution in [2.75, 3.05) is 11.4 Å². The van der Waals surface area contributed by atoms with Gasteiger partial charge in [0.1, 0.15) is 0 Å². The maximum Gasteiger partial charge on any atom is 0.0380 e. The van der Waals surface area contributed by atoms with Gasteiger partial charge in [0.25, 0.3) is 0 Å².